The molecule has 20 heavy (non-hydrogen) atoms. The van der Waals surface area contributed by atoms with E-state index < -0.39 is 0 Å². The maximum atomic E-state index is 5.73. The van der Waals surface area contributed by atoms with Crippen LogP contribution in [-0.4, -0.2) is 20.2 Å². The molecule has 2 nitrogen and oxygen atoms in total. The Hall–Kier alpha value is -0.860. The molecule has 0 saturated heterocycles. The Morgan fingerprint density at radius 2 is 1.55 bits per heavy atom. The lowest BCUT2D eigenvalue weighted by atomic mass is 10.1. The van der Waals surface area contributed by atoms with E-state index in [1.807, 2.05) is 7.05 Å². The first-order valence-corrected chi connectivity index (χ1v) is 8.17. The topological polar surface area (TPSA) is 21.3 Å². The van der Waals surface area contributed by atoms with Crippen LogP contribution in [0.3, 0.4) is 0 Å². The molecule has 0 atom stereocenters. The highest BCUT2D eigenvalue weighted by atomic mass is 16.5. The summed E-state index contributed by atoms with van der Waals surface area (Å²) < 4.78 is 5.73. The summed E-state index contributed by atoms with van der Waals surface area (Å²) in [6, 6.07) is 8.79. The van der Waals surface area contributed by atoms with Gasteiger partial charge in [0.05, 0.1) is 6.61 Å². The minimum Gasteiger partial charge on any atom is -0.377 e. The molecule has 2 heteroatoms. The first kappa shape index (κ1) is 17.2. The van der Waals surface area contributed by atoms with Crippen LogP contribution in [0.5, 0.6) is 0 Å². The molecule has 1 aromatic carbocycles. The molecule has 0 bridgehead atoms. The maximum absolute atomic E-state index is 5.73. The number of hydrogen-bond acceptors (Lipinski definition) is 2. The van der Waals surface area contributed by atoms with Gasteiger partial charge in [-0.3, -0.25) is 0 Å². The maximum Gasteiger partial charge on any atom is 0.0716 e. The third-order valence-electron chi connectivity index (χ3n) is 3.60. The quantitative estimate of drug-likeness (QED) is 0.574. The summed E-state index contributed by atoms with van der Waals surface area (Å²) in [7, 11) is 1.99. The van der Waals surface area contributed by atoms with Crippen molar-refractivity contribution in [2.24, 2.45) is 0 Å². The van der Waals surface area contributed by atoms with Crippen LogP contribution in [-0.2, 0) is 17.8 Å². The van der Waals surface area contributed by atoms with Crippen LogP contribution in [0.25, 0.3) is 0 Å². The van der Waals surface area contributed by atoms with Gasteiger partial charge in [-0.05, 0) is 37.6 Å². The highest BCUT2D eigenvalue weighted by molar-refractivity contribution is 5.22. The fraction of sp³-hybridized carbons (Fsp3) is 0.667. The molecule has 0 radical (unpaired) electrons. The van der Waals surface area contributed by atoms with Crippen LogP contribution in [0.2, 0.25) is 0 Å². The number of hydrogen-bond donors (Lipinski definition) is 1. The monoisotopic (exact) mass is 277 g/mol. The summed E-state index contributed by atoms with van der Waals surface area (Å²) in [4.78, 5) is 0. The average molecular weight is 277 g/mol. The summed E-state index contributed by atoms with van der Waals surface area (Å²) >= 11 is 0. The Morgan fingerprint density at radius 3 is 2.25 bits per heavy atom. The van der Waals surface area contributed by atoms with Gasteiger partial charge < -0.3 is 10.1 Å². The van der Waals surface area contributed by atoms with Gasteiger partial charge in [0.2, 0.25) is 0 Å². The molecule has 0 aliphatic rings. The van der Waals surface area contributed by atoms with Crippen molar-refractivity contribution in [3.63, 3.8) is 0 Å². The van der Waals surface area contributed by atoms with Gasteiger partial charge in [-0.2, -0.15) is 0 Å². The summed E-state index contributed by atoms with van der Waals surface area (Å²) in [5, 5.41) is 3.17. The molecule has 0 amide bonds. The van der Waals surface area contributed by atoms with E-state index in [4.69, 9.17) is 4.74 Å². The molecular weight excluding hydrogens is 246 g/mol. The van der Waals surface area contributed by atoms with Gasteiger partial charge in [0.15, 0.2) is 0 Å². The fourth-order valence-electron chi connectivity index (χ4n) is 2.25. The second-order valence-corrected chi connectivity index (χ2v) is 5.49. The van der Waals surface area contributed by atoms with Crippen LogP contribution in [0.4, 0.5) is 0 Å². The molecule has 1 aromatic rings. The van der Waals surface area contributed by atoms with E-state index in [-0.39, 0.29) is 0 Å². The van der Waals surface area contributed by atoms with Crippen molar-refractivity contribution in [1.82, 2.24) is 5.32 Å². The van der Waals surface area contributed by atoms with Gasteiger partial charge in [0.25, 0.3) is 0 Å². The first-order chi connectivity index (χ1) is 9.86. The van der Waals surface area contributed by atoms with Crippen molar-refractivity contribution in [3.8, 4) is 0 Å². The standard InChI is InChI=1S/C18H31NO/c1-3-4-5-6-7-8-15-20-16-18-11-9-17(10-12-18)13-14-19-2/h9-12,19H,3-8,13-16H2,1-2H3. The van der Waals surface area contributed by atoms with Crippen LogP contribution >= 0.6 is 0 Å². The van der Waals surface area contributed by atoms with E-state index in [9.17, 15) is 0 Å². The zero-order valence-electron chi connectivity index (χ0n) is 13.3. The molecular formula is C18H31NO. The normalized spacial score (nSPS) is 10.9. The Labute approximate surface area is 124 Å². The summed E-state index contributed by atoms with van der Waals surface area (Å²) in [6.45, 7) is 4.94. The van der Waals surface area contributed by atoms with E-state index in [1.54, 1.807) is 0 Å². The third kappa shape index (κ3) is 8.34. The smallest absolute Gasteiger partial charge is 0.0716 e. The van der Waals surface area contributed by atoms with Gasteiger partial charge in [0.1, 0.15) is 0 Å². The lowest BCUT2D eigenvalue weighted by Crippen LogP contribution is -2.10. The molecule has 0 unspecified atom stereocenters. The Balaban J connectivity index is 2.04. The Bertz CT molecular complexity index is 321. The lowest BCUT2D eigenvalue weighted by molar-refractivity contribution is 0.116. The predicted octanol–water partition coefficient (Wildman–Crippen LogP) is 4.33. The molecule has 0 spiro atoms. The SMILES string of the molecule is CCCCCCCCOCc1ccc(CCNC)cc1. The van der Waals surface area contributed by atoms with E-state index in [0.29, 0.717) is 0 Å². The highest BCUT2D eigenvalue weighted by Gasteiger charge is 1.96. The van der Waals surface area contributed by atoms with Crippen LogP contribution in [0.1, 0.15) is 56.6 Å². The molecule has 0 saturated carbocycles. The van der Waals surface area contributed by atoms with Crippen molar-refractivity contribution in [3.05, 3.63) is 35.4 Å². The highest BCUT2D eigenvalue weighted by Crippen LogP contribution is 2.08. The predicted molar refractivity (Wildman–Crippen MR) is 87.1 cm³/mol. The molecule has 0 heterocycles. The summed E-state index contributed by atoms with van der Waals surface area (Å²) in [5.41, 5.74) is 2.67. The average Bonchev–Trinajstić information content (AvgIpc) is 2.49. The number of likely N-dealkylation sites (N-methyl/N-ethyl adjacent to an activating group) is 1. The summed E-state index contributed by atoms with van der Waals surface area (Å²) in [6.07, 6.45) is 9.03. The third-order valence-corrected chi connectivity index (χ3v) is 3.60. The van der Waals surface area contributed by atoms with E-state index in [2.05, 4.69) is 36.5 Å². The zero-order valence-corrected chi connectivity index (χ0v) is 13.3. The molecule has 0 aromatic heterocycles. The number of ether oxygens (including phenoxy) is 1. The molecule has 0 aliphatic heterocycles. The number of nitrogens with one attached hydrogen (secondary N) is 1. The largest absolute Gasteiger partial charge is 0.377 e. The minimum atomic E-state index is 0.751. The van der Waals surface area contributed by atoms with E-state index in [1.165, 1.54) is 49.7 Å². The molecule has 0 fully saturated rings. The van der Waals surface area contributed by atoms with Gasteiger partial charge in [0, 0.05) is 6.61 Å². The van der Waals surface area contributed by atoms with Gasteiger partial charge in [-0.1, -0.05) is 63.3 Å². The molecule has 1 rings (SSSR count). The fourth-order valence-corrected chi connectivity index (χ4v) is 2.25. The molecule has 1 N–H and O–H groups in total. The second-order valence-electron chi connectivity index (χ2n) is 5.49. The number of unbranched alkanes of at least 4 members (excludes halogenated alkanes) is 5. The van der Waals surface area contributed by atoms with E-state index >= 15 is 0 Å². The van der Waals surface area contributed by atoms with Crippen molar-refractivity contribution in [2.75, 3.05) is 20.2 Å². The van der Waals surface area contributed by atoms with Gasteiger partial charge in [-0.15, -0.1) is 0 Å². The van der Waals surface area contributed by atoms with Crippen LogP contribution in [0.15, 0.2) is 24.3 Å². The zero-order chi connectivity index (χ0) is 14.5. The van der Waals surface area contributed by atoms with Gasteiger partial charge in [-0.25, -0.2) is 0 Å². The second kappa shape index (κ2) is 11.9. The Kier molecular flexibility index (Phi) is 10.3. The van der Waals surface area contributed by atoms with Crippen molar-refractivity contribution in [1.29, 1.82) is 0 Å². The number of rotatable bonds is 12. The van der Waals surface area contributed by atoms with Gasteiger partial charge >= 0.3 is 0 Å². The molecule has 0 aliphatic carbocycles. The van der Waals surface area contributed by atoms with Crippen LogP contribution < -0.4 is 5.32 Å². The van der Waals surface area contributed by atoms with Crippen molar-refractivity contribution >= 4 is 0 Å². The Morgan fingerprint density at radius 1 is 0.900 bits per heavy atom. The first-order valence-electron chi connectivity index (χ1n) is 8.17. The number of benzene rings is 1. The lowest BCUT2D eigenvalue weighted by Gasteiger charge is -2.06. The van der Waals surface area contributed by atoms with E-state index in [0.717, 1.165) is 26.2 Å². The molecule has 114 valence electrons. The minimum absolute atomic E-state index is 0.751. The summed E-state index contributed by atoms with van der Waals surface area (Å²) in [5.74, 6) is 0. The van der Waals surface area contributed by atoms with Crippen molar-refractivity contribution < 1.29 is 4.74 Å². The van der Waals surface area contributed by atoms with Crippen LogP contribution in [0, 0.1) is 0 Å². The van der Waals surface area contributed by atoms with Crippen molar-refractivity contribution in [2.45, 2.75) is 58.5 Å².